The highest BCUT2D eigenvalue weighted by molar-refractivity contribution is 7.80. The Morgan fingerprint density at radius 3 is 2.73 bits per heavy atom. The Morgan fingerprint density at radius 1 is 1.12 bits per heavy atom. The summed E-state index contributed by atoms with van der Waals surface area (Å²) in [6, 6.07) is 11.0. The van der Waals surface area contributed by atoms with Crippen LogP contribution in [0.4, 0.5) is 0 Å². The van der Waals surface area contributed by atoms with Gasteiger partial charge in [-0.15, -0.1) is 0 Å². The summed E-state index contributed by atoms with van der Waals surface area (Å²) in [6.45, 7) is 0. The molecule has 0 bridgehead atoms. The largest absolute Gasteiger partial charge is 0.497 e. The number of fused-ring (bicyclic) bond motifs is 2. The first-order chi connectivity index (χ1) is 12.6. The predicted octanol–water partition coefficient (Wildman–Crippen LogP) is 4.09. The molecular formula is C19H15ClN2O3S. The van der Waals surface area contributed by atoms with E-state index in [0.717, 1.165) is 16.9 Å². The van der Waals surface area contributed by atoms with E-state index in [1.165, 1.54) is 0 Å². The zero-order valence-corrected chi connectivity index (χ0v) is 15.7. The van der Waals surface area contributed by atoms with Crippen molar-refractivity contribution in [3.63, 3.8) is 0 Å². The number of nitrogens with zero attached hydrogens (tertiary/aromatic N) is 2. The zero-order valence-electron chi connectivity index (χ0n) is 14.2. The lowest BCUT2D eigenvalue weighted by Crippen LogP contribution is -2.36. The van der Waals surface area contributed by atoms with Crippen LogP contribution in [0, 0.1) is 5.92 Å². The van der Waals surface area contributed by atoms with E-state index in [0.29, 0.717) is 39.7 Å². The molecule has 2 aliphatic heterocycles. The molecule has 26 heavy (non-hydrogen) atoms. The molecular weight excluding hydrogens is 372 g/mol. The Kier molecular flexibility index (Phi) is 4.38. The minimum absolute atomic E-state index is 0.163. The molecule has 0 saturated heterocycles. The number of methoxy groups -OCH3 is 2. The van der Waals surface area contributed by atoms with Crippen LogP contribution in [-0.2, 0) is 6.42 Å². The van der Waals surface area contributed by atoms with E-state index in [9.17, 15) is 0 Å². The lowest BCUT2D eigenvalue weighted by atomic mass is 9.94. The summed E-state index contributed by atoms with van der Waals surface area (Å²) in [7, 11) is 3.19. The first-order valence-electron chi connectivity index (χ1n) is 7.99. The third kappa shape index (κ3) is 2.95. The monoisotopic (exact) mass is 386 g/mol. The number of ether oxygens (including phenoxy) is 3. The summed E-state index contributed by atoms with van der Waals surface area (Å²) in [6.07, 6.45) is 0.671. The molecule has 7 heteroatoms. The zero-order chi connectivity index (χ0) is 18.3. The standard InChI is InChI=1S/C19H15ClN2O3S/c1-23-12-4-5-13(16(9-12)24-2)17-21-18-14(19(26)22-17)8-10-7-11(20)3-6-15(10)25-18/h3-7,9,14H,8H2,1-2H3. The summed E-state index contributed by atoms with van der Waals surface area (Å²) >= 11 is 11.6. The van der Waals surface area contributed by atoms with Crippen LogP contribution in [0.3, 0.4) is 0 Å². The Morgan fingerprint density at radius 2 is 1.96 bits per heavy atom. The van der Waals surface area contributed by atoms with Gasteiger partial charge in [-0.25, -0.2) is 4.99 Å². The van der Waals surface area contributed by atoms with Gasteiger partial charge in [0.25, 0.3) is 0 Å². The molecule has 1 unspecified atom stereocenters. The molecule has 0 radical (unpaired) electrons. The van der Waals surface area contributed by atoms with Gasteiger partial charge in [-0.3, -0.25) is 0 Å². The second kappa shape index (κ2) is 6.70. The lowest BCUT2D eigenvalue weighted by molar-refractivity contribution is 0.394. The molecule has 0 amide bonds. The van der Waals surface area contributed by atoms with Gasteiger partial charge >= 0.3 is 0 Å². The Labute approximate surface area is 161 Å². The van der Waals surface area contributed by atoms with Crippen molar-refractivity contribution >= 4 is 40.5 Å². The molecule has 0 fully saturated rings. The second-order valence-corrected chi connectivity index (χ2v) is 6.76. The molecule has 0 spiro atoms. The van der Waals surface area contributed by atoms with Gasteiger partial charge in [0.2, 0.25) is 5.90 Å². The van der Waals surface area contributed by atoms with Gasteiger partial charge < -0.3 is 14.2 Å². The molecule has 2 aromatic carbocycles. The van der Waals surface area contributed by atoms with Crippen molar-refractivity contribution in [2.75, 3.05) is 14.2 Å². The Balaban J connectivity index is 1.74. The molecule has 0 aliphatic carbocycles. The number of halogens is 1. The number of hydrogen-bond donors (Lipinski definition) is 0. The van der Waals surface area contributed by atoms with E-state index in [1.54, 1.807) is 26.4 Å². The van der Waals surface area contributed by atoms with E-state index in [4.69, 9.17) is 38.0 Å². The first-order valence-corrected chi connectivity index (χ1v) is 8.77. The fourth-order valence-corrected chi connectivity index (χ4v) is 3.47. The van der Waals surface area contributed by atoms with E-state index < -0.39 is 0 Å². The predicted molar refractivity (Wildman–Crippen MR) is 105 cm³/mol. The minimum atomic E-state index is -0.163. The number of hydrogen-bond acceptors (Lipinski definition) is 5. The molecule has 2 heterocycles. The Hall–Kier alpha value is -2.44. The quantitative estimate of drug-likeness (QED) is 0.745. The minimum Gasteiger partial charge on any atom is -0.497 e. The summed E-state index contributed by atoms with van der Waals surface area (Å²) in [5.74, 6) is 2.90. The normalized spacial score (nSPS) is 18.1. The molecule has 0 N–H and O–H groups in total. The van der Waals surface area contributed by atoms with Crippen molar-refractivity contribution in [1.82, 2.24) is 0 Å². The van der Waals surface area contributed by atoms with Crippen LogP contribution in [0.2, 0.25) is 5.02 Å². The van der Waals surface area contributed by atoms with Gasteiger partial charge in [0.1, 0.15) is 22.2 Å². The lowest BCUT2D eigenvalue weighted by Gasteiger charge is -2.28. The number of benzene rings is 2. The van der Waals surface area contributed by atoms with Gasteiger partial charge in [-0.1, -0.05) is 23.8 Å². The van der Waals surface area contributed by atoms with E-state index in [2.05, 4.69) is 9.98 Å². The highest BCUT2D eigenvalue weighted by atomic mass is 35.5. The molecule has 4 rings (SSSR count). The van der Waals surface area contributed by atoms with Crippen LogP contribution in [0.1, 0.15) is 11.1 Å². The summed E-state index contributed by atoms with van der Waals surface area (Å²) < 4.78 is 16.7. The summed E-state index contributed by atoms with van der Waals surface area (Å²) in [5.41, 5.74) is 1.73. The molecule has 0 saturated carbocycles. The van der Waals surface area contributed by atoms with Crippen LogP contribution in [-0.4, -0.2) is 30.9 Å². The van der Waals surface area contributed by atoms with Gasteiger partial charge in [0.15, 0.2) is 5.84 Å². The van der Waals surface area contributed by atoms with Crippen LogP contribution in [0.25, 0.3) is 0 Å². The van der Waals surface area contributed by atoms with E-state index >= 15 is 0 Å². The Bertz CT molecular complexity index is 971. The van der Waals surface area contributed by atoms with Crippen LogP contribution in [0.5, 0.6) is 17.2 Å². The topological polar surface area (TPSA) is 52.4 Å². The smallest absolute Gasteiger partial charge is 0.207 e. The molecule has 2 aromatic rings. The summed E-state index contributed by atoms with van der Waals surface area (Å²) in [5, 5.41) is 0.668. The second-order valence-electron chi connectivity index (χ2n) is 5.90. The molecule has 0 aromatic heterocycles. The molecule has 132 valence electrons. The van der Waals surface area contributed by atoms with Crippen LogP contribution < -0.4 is 14.2 Å². The average molecular weight is 387 g/mol. The molecule has 1 atom stereocenters. The van der Waals surface area contributed by atoms with Gasteiger partial charge in [0, 0.05) is 11.1 Å². The fraction of sp³-hybridized carbons (Fsp3) is 0.211. The van der Waals surface area contributed by atoms with Crippen molar-refractivity contribution in [2.45, 2.75) is 6.42 Å². The number of amidine groups is 1. The van der Waals surface area contributed by atoms with E-state index in [-0.39, 0.29) is 5.92 Å². The maximum absolute atomic E-state index is 6.08. The van der Waals surface area contributed by atoms with Crippen molar-refractivity contribution in [3.05, 3.63) is 52.5 Å². The van der Waals surface area contributed by atoms with Gasteiger partial charge in [-0.2, -0.15) is 4.99 Å². The fourth-order valence-electron chi connectivity index (χ4n) is 3.01. The molecule has 5 nitrogen and oxygen atoms in total. The third-order valence-electron chi connectivity index (χ3n) is 4.34. The molecule has 2 aliphatic rings. The van der Waals surface area contributed by atoms with Crippen molar-refractivity contribution in [1.29, 1.82) is 0 Å². The van der Waals surface area contributed by atoms with E-state index in [1.807, 2.05) is 24.3 Å². The van der Waals surface area contributed by atoms with Crippen LogP contribution >= 0.6 is 23.8 Å². The average Bonchev–Trinajstić information content (AvgIpc) is 2.66. The maximum Gasteiger partial charge on any atom is 0.207 e. The van der Waals surface area contributed by atoms with Crippen molar-refractivity contribution in [2.24, 2.45) is 15.9 Å². The number of thiocarbonyl (C=S) groups is 1. The van der Waals surface area contributed by atoms with Gasteiger partial charge in [0.05, 0.1) is 25.7 Å². The highest BCUT2D eigenvalue weighted by Gasteiger charge is 2.34. The number of aliphatic imine (C=N–C) groups is 2. The van der Waals surface area contributed by atoms with Crippen molar-refractivity contribution in [3.8, 4) is 17.2 Å². The van der Waals surface area contributed by atoms with Gasteiger partial charge in [-0.05, 0) is 42.3 Å². The highest BCUT2D eigenvalue weighted by Crippen LogP contribution is 2.34. The number of rotatable bonds is 3. The first kappa shape index (κ1) is 17.0. The van der Waals surface area contributed by atoms with Crippen molar-refractivity contribution < 1.29 is 14.2 Å². The SMILES string of the molecule is COc1ccc(C2=NC(=S)C3Cc4cc(Cl)ccc4OC3=N2)c(OC)c1. The van der Waals surface area contributed by atoms with Crippen LogP contribution in [0.15, 0.2) is 46.4 Å². The summed E-state index contributed by atoms with van der Waals surface area (Å²) in [4.78, 5) is 9.67. The third-order valence-corrected chi connectivity index (χ3v) is 4.95. The maximum atomic E-state index is 6.08.